The van der Waals surface area contributed by atoms with Crippen LogP contribution in [0.1, 0.15) is 17.2 Å². The topological polar surface area (TPSA) is 30.5 Å². The fraction of sp³-hybridized carbons (Fsp3) is 0.500. The predicted molar refractivity (Wildman–Crippen MR) is 57.2 cm³/mol. The van der Waals surface area contributed by atoms with E-state index < -0.39 is 0 Å². The van der Waals surface area contributed by atoms with Crippen molar-refractivity contribution in [2.24, 2.45) is 0 Å². The molecule has 0 spiro atoms. The average molecular weight is 205 g/mol. The molecule has 2 heterocycles. The van der Waals surface area contributed by atoms with Crippen LogP contribution in [-0.2, 0) is 11.2 Å². The van der Waals surface area contributed by atoms with E-state index in [2.05, 4.69) is 23.5 Å². The lowest BCUT2D eigenvalue weighted by atomic mass is 10.0. The summed E-state index contributed by atoms with van der Waals surface area (Å²) in [4.78, 5) is 0. The molecule has 2 aliphatic rings. The van der Waals surface area contributed by atoms with Crippen molar-refractivity contribution in [3.63, 3.8) is 0 Å². The largest absolute Gasteiger partial charge is 0.493 e. The summed E-state index contributed by atoms with van der Waals surface area (Å²) in [6.45, 7) is 3.37. The Morgan fingerprint density at radius 1 is 1.27 bits per heavy atom. The van der Waals surface area contributed by atoms with E-state index in [0.717, 1.165) is 38.5 Å². The number of hydrogen-bond acceptors (Lipinski definition) is 3. The van der Waals surface area contributed by atoms with Crippen LogP contribution in [0, 0.1) is 0 Å². The van der Waals surface area contributed by atoms with Crippen molar-refractivity contribution in [2.45, 2.75) is 12.5 Å². The fourth-order valence-electron chi connectivity index (χ4n) is 2.20. The molecule has 1 saturated heterocycles. The molecular formula is C12H15NO2. The van der Waals surface area contributed by atoms with E-state index in [1.165, 1.54) is 11.1 Å². The van der Waals surface area contributed by atoms with Crippen LogP contribution in [0.25, 0.3) is 0 Å². The summed E-state index contributed by atoms with van der Waals surface area (Å²) in [7, 11) is 0. The van der Waals surface area contributed by atoms with Gasteiger partial charge < -0.3 is 14.8 Å². The number of ether oxygens (including phenoxy) is 2. The van der Waals surface area contributed by atoms with Crippen molar-refractivity contribution in [3.05, 3.63) is 29.3 Å². The van der Waals surface area contributed by atoms with Gasteiger partial charge in [0, 0.05) is 13.0 Å². The van der Waals surface area contributed by atoms with Crippen LogP contribution < -0.4 is 10.1 Å². The highest BCUT2D eigenvalue weighted by Gasteiger charge is 2.18. The van der Waals surface area contributed by atoms with Crippen molar-refractivity contribution < 1.29 is 9.47 Å². The monoisotopic (exact) mass is 205 g/mol. The van der Waals surface area contributed by atoms with Crippen LogP contribution in [0.4, 0.5) is 0 Å². The molecule has 0 aromatic heterocycles. The highest BCUT2D eigenvalue weighted by Crippen LogP contribution is 2.28. The highest BCUT2D eigenvalue weighted by atomic mass is 16.5. The Hall–Kier alpha value is -1.06. The second-order valence-corrected chi connectivity index (χ2v) is 4.05. The Balaban J connectivity index is 1.85. The van der Waals surface area contributed by atoms with Gasteiger partial charge in [-0.25, -0.2) is 0 Å². The summed E-state index contributed by atoms with van der Waals surface area (Å²) < 4.78 is 11.0. The van der Waals surface area contributed by atoms with Gasteiger partial charge in [-0.15, -0.1) is 0 Å². The first-order chi connectivity index (χ1) is 7.43. The van der Waals surface area contributed by atoms with Gasteiger partial charge in [-0.1, -0.05) is 12.1 Å². The van der Waals surface area contributed by atoms with Gasteiger partial charge in [-0.3, -0.25) is 0 Å². The van der Waals surface area contributed by atoms with E-state index in [1.807, 2.05) is 0 Å². The third kappa shape index (κ3) is 1.73. The molecule has 0 bridgehead atoms. The fourth-order valence-corrected chi connectivity index (χ4v) is 2.20. The molecule has 1 aromatic carbocycles. The molecule has 80 valence electrons. The Morgan fingerprint density at radius 2 is 2.27 bits per heavy atom. The van der Waals surface area contributed by atoms with E-state index in [0.29, 0.717) is 6.04 Å². The number of rotatable bonds is 1. The molecule has 3 rings (SSSR count). The summed E-state index contributed by atoms with van der Waals surface area (Å²) in [5, 5.41) is 3.46. The lowest BCUT2D eigenvalue weighted by Crippen LogP contribution is -2.34. The maximum Gasteiger partial charge on any atom is 0.122 e. The van der Waals surface area contributed by atoms with Crippen molar-refractivity contribution in [1.29, 1.82) is 0 Å². The Morgan fingerprint density at radius 3 is 3.13 bits per heavy atom. The number of benzene rings is 1. The third-order valence-corrected chi connectivity index (χ3v) is 3.04. The van der Waals surface area contributed by atoms with Gasteiger partial charge in [0.15, 0.2) is 0 Å². The van der Waals surface area contributed by atoms with Crippen molar-refractivity contribution in [3.8, 4) is 5.75 Å². The Bertz CT molecular complexity index is 359. The number of nitrogens with one attached hydrogen (secondary N) is 1. The van der Waals surface area contributed by atoms with E-state index in [-0.39, 0.29) is 0 Å². The SMILES string of the molecule is c1cc2c(cc1[C@@H]1COCCN1)CCO2. The maximum absolute atomic E-state index is 5.49. The van der Waals surface area contributed by atoms with Gasteiger partial charge in [-0.05, 0) is 17.2 Å². The van der Waals surface area contributed by atoms with Gasteiger partial charge in [0.25, 0.3) is 0 Å². The van der Waals surface area contributed by atoms with E-state index in [1.54, 1.807) is 0 Å². The lowest BCUT2D eigenvalue weighted by Gasteiger charge is -2.24. The molecule has 1 fully saturated rings. The van der Waals surface area contributed by atoms with Gasteiger partial charge in [0.05, 0.1) is 25.9 Å². The van der Waals surface area contributed by atoms with Crippen molar-refractivity contribution in [1.82, 2.24) is 5.32 Å². The molecule has 2 aliphatic heterocycles. The van der Waals surface area contributed by atoms with Crippen LogP contribution in [0.2, 0.25) is 0 Å². The average Bonchev–Trinajstić information content (AvgIpc) is 2.77. The molecule has 0 unspecified atom stereocenters. The van der Waals surface area contributed by atoms with E-state index in [9.17, 15) is 0 Å². The molecule has 1 aromatic rings. The van der Waals surface area contributed by atoms with Crippen LogP contribution >= 0.6 is 0 Å². The second-order valence-electron chi connectivity index (χ2n) is 4.05. The molecule has 1 N–H and O–H groups in total. The number of morpholine rings is 1. The zero-order valence-corrected chi connectivity index (χ0v) is 8.66. The minimum absolute atomic E-state index is 0.352. The zero-order valence-electron chi connectivity index (χ0n) is 8.66. The van der Waals surface area contributed by atoms with Gasteiger partial charge >= 0.3 is 0 Å². The Kier molecular flexibility index (Phi) is 2.35. The third-order valence-electron chi connectivity index (χ3n) is 3.04. The summed E-state index contributed by atoms with van der Waals surface area (Å²) >= 11 is 0. The minimum atomic E-state index is 0.352. The van der Waals surface area contributed by atoms with Crippen LogP contribution in [0.3, 0.4) is 0 Å². The van der Waals surface area contributed by atoms with Crippen molar-refractivity contribution >= 4 is 0 Å². The summed E-state index contributed by atoms with van der Waals surface area (Å²) in [5.41, 5.74) is 2.65. The quantitative estimate of drug-likeness (QED) is 0.749. The molecule has 3 nitrogen and oxygen atoms in total. The smallest absolute Gasteiger partial charge is 0.122 e. The Labute approximate surface area is 89.4 Å². The standard InChI is InChI=1S/C12H15NO2/c1-2-12-10(3-5-15-12)7-9(1)11-8-14-6-4-13-11/h1-2,7,11,13H,3-6,8H2/t11-/m0/s1. The van der Waals surface area contributed by atoms with E-state index >= 15 is 0 Å². The van der Waals surface area contributed by atoms with Gasteiger partial charge in [-0.2, -0.15) is 0 Å². The highest BCUT2D eigenvalue weighted by molar-refractivity contribution is 5.40. The van der Waals surface area contributed by atoms with E-state index in [4.69, 9.17) is 9.47 Å². The lowest BCUT2D eigenvalue weighted by molar-refractivity contribution is 0.0768. The first kappa shape index (κ1) is 9.19. The maximum atomic E-state index is 5.49. The molecule has 15 heavy (non-hydrogen) atoms. The molecule has 0 radical (unpaired) electrons. The van der Waals surface area contributed by atoms with Crippen LogP contribution in [0.5, 0.6) is 5.75 Å². The zero-order chi connectivity index (χ0) is 10.1. The van der Waals surface area contributed by atoms with Crippen LogP contribution in [-0.4, -0.2) is 26.4 Å². The molecule has 0 saturated carbocycles. The minimum Gasteiger partial charge on any atom is -0.493 e. The normalized spacial score (nSPS) is 24.7. The molecule has 0 amide bonds. The van der Waals surface area contributed by atoms with Gasteiger partial charge in [0.2, 0.25) is 0 Å². The number of fused-ring (bicyclic) bond motifs is 1. The molecule has 1 atom stereocenters. The summed E-state index contributed by atoms with van der Waals surface area (Å²) in [5.74, 6) is 1.05. The molecule has 0 aliphatic carbocycles. The second kappa shape index (κ2) is 3.83. The first-order valence-electron chi connectivity index (χ1n) is 5.50. The molecule has 3 heteroatoms. The summed E-state index contributed by atoms with van der Waals surface area (Å²) in [6.07, 6.45) is 1.04. The number of hydrogen-bond donors (Lipinski definition) is 1. The first-order valence-corrected chi connectivity index (χ1v) is 5.50. The van der Waals surface area contributed by atoms with Crippen molar-refractivity contribution in [2.75, 3.05) is 26.4 Å². The molecular weight excluding hydrogens is 190 g/mol. The van der Waals surface area contributed by atoms with Gasteiger partial charge in [0.1, 0.15) is 5.75 Å². The predicted octanol–water partition coefficient (Wildman–Crippen LogP) is 1.28. The summed E-state index contributed by atoms with van der Waals surface area (Å²) in [6, 6.07) is 6.81. The van der Waals surface area contributed by atoms with Crippen LogP contribution in [0.15, 0.2) is 18.2 Å².